The molecule has 51 heavy (non-hydrogen) atoms. The Morgan fingerprint density at radius 3 is 2.31 bits per heavy atom. The van der Waals surface area contributed by atoms with Gasteiger partial charge in [-0.15, -0.1) is 0 Å². The molecular formula is C49H40N2. The van der Waals surface area contributed by atoms with Crippen LogP contribution in [0.2, 0.25) is 0 Å². The van der Waals surface area contributed by atoms with Gasteiger partial charge < -0.3 is 9.13 Å². The number of para-hydroxylation sites is 2. The fourth-order valence-electron chi connectivity index (χ4n) is 8.87. The number of benzene rings is 5. The van der Waals surface area contributed by atoms with Crippen LogP contribution in [-0.2, 0) is 6.42 Å². The predicted octanol–water partition coefficient (Wildman–Crippen LogP) is 13.1. The highest BCUT2D eigenvalue weighted by Gasteiger charge is 2.23. The molecular weight excluding hydrogens is 617 g/mol. The molecule has 7 aromatic rings. The van der Waals surface area contributed by atoms with Crippen molar-refractivity contribution in [2.24, 2.45) is 5.92 Å². The van der Waals surface area contributed by atoms with Crippen molar-refractivity contribution in [1.29, 1.82) is 0 Å². The van der Waals surface area contributed by atoms with Crippen LogP contribution in [0.3, 0.4) is 0 Å². The average molecular weight is 657 g/mol. The highest BCUT2D eigenvalue weighted by atomic mass is 15.0. The van der Waals surface area contributed by atoms with E-state index in [1.165, 1.54) is 88.8 Å². The molecule has 0 saturated carbocycles. The van der Waals surface area contributed by atoms with Crippen molar-refractivity contribution in [3.63, 3.8) is 0 Å². The summed E-state index contributed by atoms with van der Waals surface area (Å²) in [5, 5.41) is 3.91. The van der Waals surface area contributed by atoms with E-state index in [1.54, 1.807) is 0 Å². The first kappa shape index (κ1) is 30.0. The lowest BCUT2D eigenvalue weighted by Crippen LogP contribution is -2.08. The van der Waals surface area contributed by atoms with Gasteiger partial charge in [0.15, 0.2) is 0 Å². The maximum atomic E-state index is 2.55. The maximum absolute atomic E-state index is 2.55. The molecule has 0 amide bonds. The minimum absolute atomic E-state index is 0.480. The molecule has 0 saturated heterocycles. The molecule has 2 heterocycles. The van der Waals surface area contributed by atoms with Crippen molar-refractivity contribution >= 4 is 44.5 Å². The highest BCUT2D eigenvalue weighted by molar-refractivity contribution is 6.13. The SMILES string of the molecule is CC1C=C(n2c3ccccc3c3cc(-c4cccc5c6c(n(-c7cccc(-c8ccccc8)c7)c45)CCC=C6)ccc32)C=C(C2=CC=CCC2)C1. The number of nitrogens with zero attached hydrogens (tertiary/aromatic N) is 2. The zero-order valence-electron chi connectivity index (χ0n) is 29.0. The van der Waals surface area contributed by atoms with Gasteiger partial charge in [-0.3, -0.25) is 0 Å². The third kappa shape index (κ3) is 5.01. The van der Waals surface area contributed by atoms with Crippen LogP contribution in [0.5, 0.6) is 0 Å². The molecule has 2 nitrogen and oxygen atoms in total. The number of aromatic nitrogens is 2. The minimum atomic E-state index is 0.480. The first-order chi connectivity index (χ1) is 25.2. The fraction of sp³-hybridized carbons (Fsp3) is 0.143. The molecule has 10 rings (SSSR count). The molecule has 0 fully saturated rings. The lowest BCUT2D eigenvalue weighted by molar-refractivity contribution is 0.703. The fourth-order valence-corrected chi connectivity index (χ4v) is 8.87. The molecule has 2 heteroatoms. The van der Waals surface area contributed by atoms with E-state index in [0.717, 1.165) is 32.1 Å². The van der Waals surface area contributed by atoms with E-state index in [9.17, 15) is 0 Å². The Balaban J connectivity index is 1.18. The Bertz CT molecular complexity index is 2670. The van der Waals surface area contributed by atoms with Gasteiger partial charge in [-0.1, -0.05) is 128 Å². The molecule has 5 aromatic carbocycles. The first-order valence-electron chi connectivity index (χ1n) is 18.5. The van der Waals surface area contributed by atoms with Crippen LogP contribution >= 0.6 is 0 Å². The summed E-state index contributed by atoms with van der Waals surface area (Å²) in [7, 11) is 0. The predicted molar refractivity (Wildman–Crippen MR) is 217 cm³/mol. The summed E-state index contributed by atoms with van der Waals surface area (Å²) in [6.45, 7) is 2.36. The van der Waals surface area contributed by atoms with Gasteiger partial charge in [0.25, 0.3) is 0 Å². The van der Waals surface area contributed by atoms with Gasteiger partial charge in [0.2, 0.25) is 0 Å². The third-order valence-electron chi connectivity index (χ3n) is 11.2. The van der Waals surface area contributed by atoms with Crippen LogP contribution in [-0.4, -0.2) is 9.13 Å². The van der Waals surface area contributed by atoms with E-state index >= 15 is 0 Å². The van der Waals surface area contributed by atoms with E-state index in [0.29, 0.717) is 5.92 Å². The largest absolute Gasteiger partial charge is 0.312 e. The molecule has 1 atom stereocenters. The number of hydrogen-bond donors (Lipinski definition) is 0. The van der Waals surface area contributed by atoms with Crippen LogP contribution in [0.15, 0.2) is 163 Å². The Morgan fingerprint density at radius 2 is 1.41 bits per heavy atom. The quantitative estimate of drug-likeness (QED) is 0.174. The van der Waals surface area contributed by atoms with Crippen LogP contribution in [0.25, 0.3) is 72.4 Å². The van der Waals surface area contributed by atoms with Gasteiger partial charge in [0, 0.05) is 44.4 Å². The molecule has 2 aromatic heterocycles. The van der Waals surface area contributed by atoms with E-state index in [4.69, 9.17) is 0 Å². The summed E-state index contributed by atoms with van der Waals surface area (Å²) in [5.74, 6) is 0.480. The summed E-state index contributed by atoms with van der Waals surface area (Å²) >= 11 is 0. The normalized spacial score (nSPS) is 17.1. The smallest absolute Gasteiger partial charge is 0.0616 e. The topological polar surface area (TPSA) is 9.86 Å². The van der Waals surface area contributed by atoms with Crippen molar-refractivity contribution in [2.45, 2.75) is 39.0 Å². The second-order valence-corrected chi connectivity index (χ2v) is 14.4. The molecule has 3 aliphatic carbocycles. The number of rotatable bonds is 5. The van der Waals surface area contributed by atoms with E-state index in [1.807, 2.05) is 0 Å². The van der Waals surface area contributed by atoms with Crippen molar-refractivity contribution in [2.75, 3.05) is 0 Å². The van der Waals surface area contributed by atoms with E-state index in [-0.39, 0.29) is 0 Å². The van der Waals surface area contributed by atoms with Gasteiger partial charge in [-0.25, -0.2) is 0 Å². The van der Waals surface area contributed by atoms with E-state index in [2.05, 4.69) is 174 Å². The molecule has 1 unspecified atom stereocenters. The summed E-state index contributed by atoms with van der Waals surface area (Å²) in [6, 6.07) is 42.8. The van der Waals surface area contributed by atoms with Crippen LogP contribution in [0, 0.1) is 5.92 Å². The lowest BCUT2D eigenvalue weighted by Gasteiger charge is -2.23. The monoisotopic (exact) mass is 656 g/mol. The Kier molecular flexibility index (Phi) is 7.16. The molecule has 246 valence electrons. The second kappa shape index (κ2) is 12.2. The Morgan fingerprint density at radius 1 is 0.608 bits per heavy atom. The zero-order valence-corrected chi connectivity index (χ0v) is 29.0. The van der Waals surface area contributed by atoms with Gasteiger partial charge >= 0.3 is 0 Å². The number of hydrogen-bond acceptors (Lipinski definition) is 0. The second-order valence-electron chi connectivity index (χ2n) is 14.4. The first-order valence-corrected chi connectivity index (χ1v) is 18.5. The standard InChI is InChI=1S/C49H40N2/c1-33-28-38(35-16-6-3-7-17-35)31-40(29-33)50-46-24-10-9-21-43(46)45-32-37(26-27-48(45)50)41-22-13-23-44-42-20-8-11-25-47(42)51(49(41)44)39-19-12-18-36(30-39)34-14-4-2-5-15-34/h2-6,8-10,12-16,18-24,26-27,29-33H,7,11,17,25,28H2,1H3. The molecule has 3 aliphatic rings. The number of allylic oxidation sites excluding steroid dienone is 9. The zero-order chi connectivity index (χ0) is 33.9. The van der Waals surface area contributed by atoms with Crippen LogP contribution in [0.1, 0.15) is 43.9 Å². The Hall–Kier alpha value is -5.86. The van der Waals surface area contributed by atoms with Crippen molar-refractivity contribution < 1.29 is 0 Å². The highest BCUT2D eigenvalue weighted by Crippen LogP contribution is 2.43. The Labute approximate surface area is 299 Å². The summed E-state index contributed by atoms with van der Waals surface area (Å²) in [4.78, 5) is 0. The average Bonchev–Trinajstić information content (AvgIpc) is 3.71. The molecule has 0 radical (unpaired) electrons. The van der Waals surface area contributed by atoms with Gasteiger partial charge in [0.1, 0.15) is 0 Å². The summed E-state index contributed by atoms with van der Waals surface area (Å²) < 4.78 is 5.06. The molecule has 0 spiro atoms. The van der Waals surface area contributed by atoms with Crippen LogP contribution in [0.4, 0.5) is 0 Å². The van der Waals surface area contributed by atoms with Crippen molar-refractivity contribution in [1.82, 2.24) is 9.13 Å². The summed E-state index contributed by atoms with van der Waals surface area (Å²) in [6.07, 6.45) is 21.9. The van der Waals surface area contributed by atoms with Crippen molar-refractivity contribution in [3.8, 4) is 27.9 Å². The number of fused-ring (bicyclic) bond motifs is 6. The molecule has 0 N–H and O–H groups in total. The van der Waals surface area contributed by atoms with Gasteiger partial charge in [-0.2, -0.15) is 0 Å². The third-order valence-corrected chi connectivity index (χ3v) is 11.2. The van der Waals surface area contributed by atoms with Gasteiger partial charge in [0.05, 0.1) is 16.6 Å². The lowest BCUT2D eigenvalue weighted by atomic mass is 9.86. The van der Waals surface area contributed by atoms with Gasteiger partial charge in [-0.05, 0) is 102 Å². The van der Waals surface area contributed by atoms with Crippen LogP contribution < -0.4 is 0 Å². The van der Waals surface area contributed by atoms with Crippen molar-refractivity contribution in [3.05, 3.63) is 174 Å². The molecule has 0 aliphatic heterocycles. The minimum Gasteiger partial charge on any atom is -0.312 e. The molecule has 0 bridgehead atoms. The summed E-state index contributed by atoms with van der Waals surface area (Å²) in [5.41, 5.74) is 17.0. The van der Waals surface area contributed by atoms with E-state index < -0.39 is 0 Å². The maximum Gasteiger partial charge on any atom is 0.0616 e.